The van der Waals surface area contributed by atoms with Crippen molar-refractivity contribution in [3.8, 4) is 17.3 Å². The summed E-state index contributed by atoms with van der Waals surface area (Å²) >= 11 is 1.41. The van der Waals surface area contributed by atoms with Crippen LogP contribution in [0.1, 0.15) is 38.7 Å². The van der Waals surface area contributed by atoms with Crippen LogP contribution in [0.2, 0.25) is 0 Å². The molecule has 0 fully saturated rings. The molecule has 0 bridgehead atoms. The van der Waals surface area contributed by atoms with Gasteiger partial charge in [0.25, 0.3) is 5.91 Å². The first-order chi connectivity index (χ1) is 11.5. The van der Waals surface area contributed by atoms with Crippen LogP contribution in [0.3, 0.4) is 0 Å². The van der Waals surface area contributed by atoms with Crippen molar-refractivity contribution < 1.29 is 4.79 Å². The average Bonchev–Trinajstić information content (AvgIpc) is 3.03. The van der Waals surface area contributed by atoms with Gasteiger partial charge in [0.1, 0.15) is 11.6 Å². The lowest BCUT2D eigenvalue weighted by atomic mass is 9.97. The molecule has 1 heterocycles. The van der Waals surface area contributed by atoms with E-state index in [9.17, 15) is 4.79 Å². The molecule has 1 amide bonds. The number of rotatable bonds is 6. The third-order valence-corrected chi connectivity index (χ3v) is 4.68. The Bertz CT molecular complexity index is 799. The molecule has 0 saturated heterocycles. The Kier molecular flexibility index (Phi) is 5.72. The minimum absolute atomic E-state index is 0.0929. The third kappa shape index (κ3) is 4.00. The van der Waals surface area contributed by atoms with Gasteiger partial charge in [-0.1, -0.05) is 38.1 Å². The van der Waals surface area contributed by atoms with E-state index >= 15 is 0 Å². The summed E-state index contributed by atoms with van der Waals surface area (Å²) in [6, 6.07) is 10.2. The summed E-state index contributed by atoms with van der Waals surface area (Å²) in [7, 11) is 0. The van der Waals surface area contributed by atoms with E-state index in [1.165, 1.54) is 16.9 Å². The standard InChI is InChI=1S/C18H20N4OS/c1-4-11(2)13-5-7-14(8-6-13)16-10-24-18(22-16)21-12(3)15(9-19)17(20)23/h5-8,10-11H,4H2,1-3H3,(H2,20,23)(H,21,22)/b15-12+/t11-/m0/s1. The Balaban J connectivity index is 2.19. The number of amides is 1. The minimum atomic E-state index is -0.750. The summed E-state index contributed by atoms with van der Waals surface area (Å²) in [4.78, 5) is 15.7. The predicted octanol–water partition coefficient (Wildman–Crippen LogP) is 4.02. The Morgan fingerprint density at radius 3 is 2.62 bits per heavy atom. The second kappa shape index (κ2) is 7.75. The molecule has 0 spiro atoms. The molecule has 0 aliphatic carbocycles. The maximum atomic E-state index is 11.2. The molecule has 1 aromatic carbocycles. The highest BCUT2D eigenvalue weighted by atomic mass is 32.1. The lowest BCUT2D eigenvalue weighted by Crippen LogP contribution is -2.16. The van der Waals surface area contributed by atoms with E-state index in [0.29, 0.717) is 16.7 Å². The van der Waals surface area contributed by atoms with Gasteiger partial charge in [-0.05, 0) is 24.8 Å². The summed E-state index contributed by atoms with van der Waals surface area (Å²) < 4.78 is 0. The lowest BCUT2D eigenvalue weighted by Gasteiger charge is -2.09. The van der Waals surface area contributed by atoms with E-state index in [-0.39, 0.29) is 5.57 Å². The van der Waals surface area contributed by atoms with Crippen LogP contribution in [0.5, 0.6) is 0 Å². The normalized spacial score (nSPS) is 12.9. The summed E-state index contributed by atoms with van der Waals surface area (Å²) in [5.74, 6) is -0.211. The van der Waals surface area contributed by atoms with Crippen LogP contribution in [0.25, 0.3) is 11.3 Å². The average molecular weight is 340 g/mol. The molecule has 2 rings (SSSR count). The van der Waals surface area contributed by atoms with Crippen LogP contribution < -0.4 is 11.1 Å². The number of hydrogen-bond donors (Lipinski definition) is 2. The van der Waals surface area contributed by atoms with E-state index < -0.39 is 5.91 Å². The molecule has 0 unspecified atom stereocenters. The summed E-state index contributed by atoms with van der Waals surface area (Å²) in [6.45, 7) is 6.01. The molecular formula is C18H20N4OS. The lowest BCUT2D eigenvalue weighted by molar-refractivity contribution is -0.114. The zero-order chi connectivity index (χ0) is 17.7. The monoisotopic (exact) mass is 340 g/mol. The number of nitrogens with zero attached hydrogens (tertiary/aromatic N) is 2. The van der Waals surface area contributed by atoms with Crippen LogP contribution in [0, 0.1) is 11.3 Å². The fraction of sp³-hybridized carbons (Fsp3) is 0.278. The van der Waals surface area contributed by atoms with Crippen molar-refractivity contribution in [1.82, 2.24) is 4.98 Å². The predicted molar refractivity (Wildman–Crippen MR) is 97.4 cm³/mol. The van der Waals surface area contributed by atoms with E-state index in [1.54, 1.807) is 13.0 Å². The number of nitrogens with one attached hydrogen (secondary N) is 1. The number of nitriles is 1. The van der Waals surface area contributed by atoms with Gasteiger partial charge in [-0.2, -0.15) is 5.26 Å². The van der Waals surface area contributed by atoms with Gasteiger partial charge in [0.15, 0.2) is 5.13 Å². The van der Waals surface area contributed by atoms with Crippen molar-refractivity contribution in [1.29, 1.82) is 5.26 Å². The van der Waals surface area contributed by atoms with Crippen LogP contribution in [-0.2, 0) is 4.79 Å². The van der Waals surface area contributed by atoms with Crippen molar-refractivity contribution in [3.05, 3.63) is 46.5 Å². The van der Waals surface area contributed by atoms with E-state index in [2.05, 4.69) is 48.4 Å². The number of thiazole rings is 1. The van der Waals surface area contributed by atoms with Gasteiger partial charge in [0.2, 0.25) is 0 Å². The molecule has 124 valence electrons. The molecule has 0 aliphatic heterocycles. The maximum Gasteiger partial charge on any atom is 0.261 e. The quantitative estimate of drug-likeness (QED) is 0.613. The molecule has 0 radical (unpaired) electrons. The fourth-order valence-corrected chi connectivity index (χ4v) is 3.00. The minimum Gasteiger partial charge on any atom is -0.365 e. The number of nitrogens with two attached hydrogens (primary N) is 1. The van der Waals surface area contributed by atoms with Gasteiger partial charge in [0, 0.05) is 16.6 Å². The van der Waals surface area contributed by atoms with Crippen LogP contribution in [0.15, 0.2) is 40.9 Å². The van der Waals surface area contributed by atoms with Crippen LogP contribution >= 0.6 is 11.3 Å². The highest BCUT2D eigenvalue weighted by Gasteiger charge is 2.11. The number of anilines is 1. The van der Waals surface area contributed by atoms with Crippen molar-refractivity contribution in [2.75, 3.05) is 5.32 Å². The molecule has 0 saturated carbocycles. The number of aromatic nitrogens is 1. The van der Waals surface area contributed by atoms with Gasteiger partial charge < -0.3 is 11.1 Å². The fourth-order valence-electron chi connectivity index (χ4n) is 2.23. The van der Waals surface area contributed by atoms with Crippen molar-refractivity contribution >= 4 is 22.4 Å². The zero-order valence-electron chi connectivity index (χ0n) is 14.0. The Morgan fingerprint density at radius 2 is 2.08 bits per heavy atom. The first kappa shape index (κ1) is 17.7. The Hall–Kier alpha value is -2.65. The number of primary amides is 1. The SMILES string of the molecule is CC[C@H](C)c1ccc(-c2csc(N/C(C)=C(\C#N)C(N)=O)n2)cc1. The van der Waals surface area contributed by atoms with E-state index in [1.807, 2.05) is 5.38 Å². The van der Waals surface area contributed by atoms with Crippen LogP contribution in [0.4, 0.5) is 5.13 Å². The van der Waals surface area contributed by atoms with Gasteiger partial charge in [0.05, 0.1) is 5.69 Å². The zero-order valence-corrected chi connectivity index (χ0v) is 14.8. The molecule has 6 heteroatoms. The summed E-state index contributed by atoms with van der Waals surface area (Å²) in [5.41, 5.74) is 8.67. The second-order valence-electron chi connectivity index (χ2n) is 5.57. The number of benzene rings is 1. The highest BCUT2D eigenvalue weighted by molar-refractivity contribution is 7.14. The van der Waals surface area contributed by atoms with Gasteiger partial charge in [-0.3, -0.25) is 4.79 Å². The van der Waals surface area contributed by atoms with Crippen molar-refractivity contribution in [2.45, 2.75) is 33.1 Å². The molecule has 2 aromatic rings. The first-order valence-corrected chi connectivity index (χ1v) is 8.57. The molecule has 5 nitrogen and oxygen atoms in total. The van der Waals surface area contributed by atoms with Crippen molar-refractivity contribution in [3.63, 3.8) is 0 Å². The largest absolute Gasteiger partial charge is 0.365 e. The van der Waals surface area contributed by atoms with Gasteiger partial charge in [-0.25, -0.2) is 4.98 Å². The molecule has 1 atom stereocenters. The number of carbonyl (C=O) groups excluding carboxylic acids is 1. The van der Waals surface area contributed by atoms with Gasteiger partial charge >= 0.3 is 0 Å². The maximum absolute atomic E-state index is 11.2. The molecule has 0 aliphatic rings. The van der Waals surface area contributed by atoms with Crippen LogP contribution in [-0.4, -0.2) is 10.9 Å². The Morgan fingerprint density at radius 1 is 1.42 bits per heavy atom. The first-order valence-electron chi connectivity index (χ1n) is 7.69. The van der Waals surface area contributed by atoms with Gasteiger partial charge in [-0.15, -0.1) is 11.3 Å². The molecule has 24 heavy (non-hydrogen) atoms. The van der Waals surface area contributed by atoms with E-state index in [4.69, 9.17) is 11.0 Å². The molecular weight excluding hydrogens is 320 g/mol. The topological polar surface area (TPSA) is 91.8 Å². The number of carbonyl (C=O) groups is 1. The Labute approximate surface area is 145 Å². The van der Waals surface area contributed by atoms with E-state index in [0.717, 1.165) is 17.7 Å². The number of hydrogen-bond acceptors (Lipinski definition) is 5. The van der Waals surface area contributed by atoms with Crippen molar-refractivity contribution in [2.24, 2.45) is 5.73 Å². The number of allylic oxidation sites excluding steroid dienone is 1. The summed E-state index contributed by atoms with van der Waals surface area (Å²) in [5, 5.41) is 14.5. The molecule has 3 N–H and O–H groups in total. The highest BCUT2D eigenvalue weighted by Crippen LogP contribution is 2.28. The third-order valence-electron chi connectivity index (χ3n) is 3.92. The second-order valence-corrected chi connectivity index (χ2v) is 6.43. The smallest absolute Gasteiger partial charge is 0.261 e. The molecule has 1 aromatic heterocycles. The summed E-state index contributed by atoms with van der Waals surface area (Å²) in [6.07, 6.45) is 1.11.